The molecular formula is C55H83NO17. The van der Waals surface area contributed by atoms with Crippen LogP contribution in [0.1, 0.15) is 113 Å². The minimum absolute atomic E-state index is 0.0176. The summed E-state index contributed by atoms with van der Waals surface area (Å²) in [5.41, 5.74) is -0.483. The summed E-state index contributed by atoms with van der Waals surface area (Å²) >= 11 is 0. The molecule has 6 N–H and O–H groups in total. The molecule has 1 saturated carbocycles. The van der Waals surface area contributed by atoms with E-state index in [1.165, 1.54) is 39.0 Å². The number of fused-ring (bicyclic) bond motifs is 3. The number of aliphatic hydroxyl groups excluding tert-OH is 5. The normalized spacial score (nSPS) is 40.5. The summed E-state index contributed by atoms with van der Waals surface area (Å²) < 4.78 is 29.8. The predicted octanol–water partition coefficient (Wildman–Crippen LogP) is 3.51. The highest BCUT2D eigenvalue weighted by atomic mass is 16.6. The second-order valence-corrected chi connectivity index (χ2v) is 21.9. The molecule has 73 heavy (non-hydrogen) atoms. The van der Waals surface area contributed by atoms with Gasteiger partial charge in [0.15, 0.2) is 0 Å². The number of rotatable bonds is 9. The molecule has 0 aromatic carbocycles. The number of ketones is 3. The molecule has 18 heteroatoms. The molecule has 0 aromatic rings. The Labute approximate surface area is 430 Å². The lowest BCUT2D eigenvalue weighted by atomic mass is 9.68. The Morgan fingerprint density at radius 1 is 0.877 bits per heavy atom. The van der Waals surface area contributed by atoms with Gasteiger partial charge in [-0.05, 0) is 95.1 Å². The molecule has 4 heterocycles. The van der Waals surface area contributed by atoms with Gasteiger partial charge in [0.05, 0.1) is 56.3 Å². The Kier molecular flexibility index (Phi) is 21.5. The summed E-state index contributed by atoms with van der Waals surface area (Å²) in [7, 11) is 3.02. The molecule has 3 saturated heterocycles. The van der Waals surface area contributed by atoms with Crippen LogP contribution in [-0.2, 0) is 52.5 Å². The van der Waals surface area contributed by atoms with E-state index in [1.54, 1.807) is 52.0 Å². The Bertz CT molecular complexity index is 2080. The number of hydrogen-bond acceptors (Lipinski definition) is 17. The number of allylic oxidation sites excluding steroid dienone is 5. The lowest BCUT2D eigenvalue weighted by Crippen LogP contribution is -2.65. The van der Waals surface area contributed by atoms with E-state index in [4.69, 9.17) is 23.7 Å². The van der Waals surface area contributed by atoms with E-state index in [1.807, 2.05) is 13.0 Å². The molecule has 17 atom stereocenters. The fourth-order valence-corrected chi connectivity index (χ4v) is 11.6. The standard InChI is InChI=1S/C55H83NO17/c1-30-14-11-10-12-15-31(2)47(61)35(6)49(63)40(27-57)48(62)33(4)22-32(3)41(60)26-44-39(23-36-18-20-42(45(24-36)70-9)72-53(67)54(7,28-58)29-59)38-16-13-21-56(46(38)52(66)71-44)51(65)50(64)55(68)34(5)17-19-37(73-55)25-43(30)69-8/h10-12,14-15,22,31-32,34-40,42-48,57-59,61-62,68H,13,16-21,23-29H2,1-9H3/b11-10+,15-12+,30-14+,33-22+/t31-,32-,34-,35-,36+,37?,38?,39+,40-,42-,43+,44+,45-,46+,47?,48?,55-/m1/s1. The van der Waals surface area contributed by atoms with Gasteiger partial charge in [0.1, 0.15) is 35.2 Å². The first-order valence-electron chi connectivity index (χ1n) is 26.2. The molecule has 5 aliphatic rings. The van der Waals surface area contributed by atoms with Gasteiger partial charge in [0.2, 0.25) is 5.79 Å². The quantitative estimate of drug-likeness (QED) is 0.110. The molecular weight excluding hydrogens is 947 g/mol. The number of hydrogen-bond donors (Lipinski definition) is 6. The molecule has 4 unspecified atom stereocenters. The molecule has 5 rings (SSSR count). The van der Waals surface area contributed by atoms with E-state index in [2.05, 4.69) is 0 Å². The van der Waals surface area contributed by atoms with Crippen molar-refractivity contribution < 1.29 is 83.1 Å². The zero-order valence-electron chi connectivity index (χ0n) is 44.2. The summed E-state index contributed by atoms with van der Waals surface area (Å²) in [6, 6.07) is -1.24. The number of methoxy groups -OCH3 is 2. The average molecular weight is 1030 g/mol. The number of carbonyl (C=O) groups excluding carboxylic acids is 6. The van der Waals surface area contributed by atoms with Crippen molar-refractivity contribution in [1.29, 1.82) is 0 Å². The highest BCUT2D eigenvalue weighted by Crippen LogP contribution is 2.46. The van der Waals surface area contributed by atoms with Crippen LogP contribution < -0.4 is 0 Å². The maximum Gasteiger partial charge on any atom is 0.329 e. The van der Waals surface area contributed by atoms with Crippen LogP contribution in [0.25, 0.3) is 0 Å². The molecule has 4 fully saturated rings. The van der Waals surface area contributed by atoms with Gasteiger partial charge in [-0.1, -0.05) is 64.2 Å². The van der Waals surface area contributed by atoms with Crippen LogP contribution in [-0.4, -0.2) is 166 Å². The highest BCUT2D eigenvalue weighted by Gasteiger charge is 2.57. The van der Waals surface area contributed by atoms with Crippen LogP contribution in [0.5, 0.6) is 0 Å². The van der Waals surface area contributed by atoms with E-state index >= 15 is 0 Å². The van der Waals surface area contributed by atoms with Gasteiger partial charge in [-0.15, -0.1) is 0 Å². The summed E-state index contributed by atoms with van der Waals surface area (Å²) in [6.07, 6.45) is 7.44. The minimum Gasteiger partial charge on any atom is -0.460 e. The van der Waals surface area contributed by atoms with Gasteiger partial charge in [0, 0.05) is 63.2 Å². The van der Waals surface area contributed by atoms with Gasteiger partial charge in [-0.3, -0.25) is 24.0 Å². The largest absolute Gasteiger partial charge is 0.460 e. The first-order chi connectivity index (χ1) is 34.5. The van der Waals surface area contributed by atoms with Crippen LogP contribution in [0.3, 0.4) is 0 Å². The molecule has 0 aromatic heterocycles. The van der Waals surface area contributed by atoms with Crippen molar-refractivity contribution in [3.8, 4) is 0 Å². The van der Waals surface area contributed by atoms with Gasteiger partial charge in [-0.25, -0.2) is 4.79 Å². The maximum atomic E-state index is 14.6. The van der Waals surface area contributed by atoms with E-state index in [0.717, 1.165) is 5.57 Å². The zero-order valence-corrected chi connectivity index (χ0v) is 44.2. The van der Waals surface area contributed by atoms with Crippen molar-refractivity contribution in [2.75, 3.05) is 40.6 Å². The van der Waals surface area contributed by atoms with Crippen molar-refractivity contribution in [3.05, 3.63) is 47.6 Å². The number of esters is 2. The average Bonchev–Trinajstić information content (AvgIpc) is 3.38. The van der Waals surface area contributed by atoms with Gasteiger partial charge in [-0.2, -0.15) is 0 Å². The highest BCUT2D eigenvalue weighted by molar-refractivity contribution is 6.39. The first kappa shape index (κ1) is 59.9. The molecule has 1 aliphatic carbocycles. The second-order valence-electron chi connectivity index (χ2n) is 21.9. The van der Waals surface area contributed by atoms with Crippen LogP contribution >= 0.6 is 0 Å². The Morgan fingerprint density at radius 3 is 2.22 bits per heavy atom. The second kappa shape index (κ2) is 26.2. The monoisotopic (exact) mass is 1030 g/mol. The number of ether oxygens (including phenoxy) is 5. The third kappa shape index (κ3) is 13.7. The number of amides is 1. The SMILES string of the molecule is CO[C@H]1CC2CC[C@@H](C)[C@@](O)(O2)C(=O)C(=O)N2CCCC3[C@H]2C(=O)O[C@@H](CC(=O)[C@H](C)/C=C(\C)C(O)[C@@H](CO)C(=O)[C@H](C)C(O)[C@H](C)/C=C/C=C/C=C/1C)[C@H]3C[C@@H]1CC[C@@H](OC(=O)C(C)(CO)CO)[C@H](OC)C1. The van der Waals surface area contributed by atoms with Gasteiger partial charge >= 0.3 is 11.9 Å². The van der Waals surface area contributed by atoms with Gasteiger partial charge in [0.25, 0.3) is 11.7 Å². The van der Waals surface area contributed by atoms with E-state index in [-0.39, 0.29) is 36.7 Å². The molecule has 4 aliphatic heterocycles. The maximum absolute atomic E-state index is 14.6. The Hall–Kier alpha value is -3.98. The lowest BCUT2D eigenvalue weighted by molar-refractivity contribution is -0.266. The number of carbonyl (C=O) groups is 6. The van der Waals surface area contributed by atoms with E-state index < -0.39 is 151 Å². The van der Waals surface area contributed by atoms with Crippen molar-refractivity contribution in [1.82, 2.24) is 4.90 Å². The molecule has 0 radical (unpaired) electrons. The van der Waals surface area contributed by atoms with Crippen molar-refractivity contribution in [2.45, 2.75) is 167 Å². The Morgan fingerprint density at radius 2 is 1.58 bits per heavy atom. The number of nitrogens with zero attached hydrogens (tertiary/aromatic N) is 1. The molecule has 6 bridgehead atoms. The predicted molar refractivity (Wildman–Crippen MR) is 266 cm³/mol. The lowest BCUT2D eigenvalue weighted by Gasteiger charge is -2.50. The van der Waals surface area contributed by atoms with E-state index in [9.17, 15) is 59.4 Å². The summed E-state index contributed by atoms with van der Waals surface area (Å²) in [5.74, 6) is -13.0. The number of aliphatic hydroxyl groups is 6. The molecule has 1 amide bonds. The van der Waals surface area contributed by atoms with Crippen molar-refractivity contribution in [3.63, 3.8) is 0 Å². The minimum atomic E-state index is -2.51. The van der Waals surface area contributed by atoms with Gasteiger partial charge < -0.3 is 59.2 Å². The molecule has 0 spiro atoms. The topological polar surface area (TPSA) is 273 Å². The summed E-state index contributed by atoms with van der Waals surface area (Å²) in [5, 5.41) is 64.9. The van der Waals surface area contributed by atoms with Crippen molar-refractivity contribution in [2.24, 2.45) is 52.8 Å². The van der Waals surface area contributed by atoms with Crippen LogP contribution in [0.4, 0.5) is 0 Å². The third-order valence-electron chi connectivity index (χ3n) is 16.7. The summed E-state index contributed by atoms with van der Waals surface area (Å²) in [6.45, 7) is 9.37. The van der Waals surface area contributed by atoms with E-state index in [0.29, 0.717) is 51.4 Å². The van der Waals surface area contributed by atoms with Crippen LogP contribution in [0, 0.1) is 52.8 Å². The fourth-order valence-electron chi connectivity index (χ4n) is 11.6. The van der Waals surface area contributed by atoms with Crippen molar-refractivity contribution >= 4 is 35.2 Å². The third-order valence-corrected chi connectivity index (χ3v) is 16.7. The molecule has 18 nitrogen and oxygen atoms in total. The number of Topliss-reactive ketones (excluding diaryl/α,β-unsaturated/α-hetero) is 3. The smallest absolute Gasteiger partial charge is 0.329 e. The van der Waals surface area contributed by atoms with Crippen LogP contribution in [0.15, 0.2) is 47.6 Å². The Balaban J connectivity index is 1.52. The summed E-state index contributed by atoms with van der Waals surface area (Å²) in [4.78, 5) is 85.8. The van der Waals surface area contributed by atoms with Crippen LogP contribution in [0.2, 0.25) is 0 Å². The zero-order chi connectivity index (χ0) is 54.1. The number of piperidine rings is 1. The fraction of sp³-hybridized carbons (Fsp3) is 0.745. The molecule has 410 valence electrons. The first-order valence-corrected chi connectivity index (χ1v) is 26.2.